The molecule has 1 heterocycles. The van der Waals surface area contributed by atoms with Crippen molar-refractivity contribution in [3.63, 3.8) is 0 Å². The molecule has 1 aromatic rings. The Morgan fingerprint density at radius 3 is 2.35 bits per heavy atom. The number of hydrogen-bond acceptors (Lipinski definition) is 1. The summed E-state index contributed by atoms with van der Waals surface area (Å²) in [6, 6.07) is 7.34. The number of rotatable bonds is 4. The second-order valence-corrected chi connectivity index (χ2v) is 11.8. The van der Waals surface area contributed by atoms with E-state index in [9.17, 15) is 4.39 Å². The quantitative estimate of drug-likeness (QED) is 0.461. The summed E-state index contributed by atoms with van der Waals surface area (Å²) >= 11 is 12.0. The van der Waals surface area contributed by atoms with E-state index >= 15 is 0 Å². The van der Waals surface area contributed by atoms with E-state index in [1.807, 2.05) is 0 Å². The highest BCUT2D eigenvalue weighted by atomic mass is 35.6. The molecular weight excluding hydrogens is 350 g/mol. The van der Waals surface area contributed by atoms with E-state index in [-0.39, 0.29) is 5.02 Å². The Kier molecular flexibility index (Phi) is 6.28. The van der Waals surface area contributed by atoms with Gasteiger partial charge in [0.25, 0.3) is 0 Å². The van der Waals surface area contributed by atoms with Crippen molar-refractivity contribution in [2.24, 2.45) is 17.8 Å². The fraction of sp³-hybridized carbons (Fsp3) is 0.667. The summed E-state index contributed by atoms with van der Waals surface area (Å²) < 4.78 is 19.2. The Hall–Kier alpha value is -0.253. The van der Waals surface area contributed by atoms with Crippen LogP contribution in [0.4, 0.5) is 4.39 Å². The van der Waals surface area contributed by atoms with Crippen LogP contribution in [-0.2, 0) is 0 Å². The second kappa shape index (κ2) is 8.22. The lowest BCUT2D eigenvalue weighted by Crippen LogP contribution is -2.28. The molecule has 1 aliphatic carbocycles. The minimum atomic E-state index is -0.842. The van der Waals surface area contributed by atoms with E-state index in [2.05, 4.69) is 0 Å². The number of benzene rings is 1. The standard InChI is InChI=1S/C18H25Cl2FOSi/c19-17-6-5-16(11-18(17)21)22-12-13-1-3-14(4-2-13)15-7-9-23(20)10-8-15/h5-6,11,13-15,23H,1-4,7-10,12H2/t13?,14?,15-,23-. The Bertz CT molecular complexity index is 512. The summed E-state index contributed by atoms with van der Waals surface area (Å²) in [6.07, 6.45) is 7.86. The van der Waals surface area contributed by atoms with Crippen molar-refractivity contribution < 1.29 is 9.13 Å². The first-order valence-electron chi connectivity index (χ1n) is 8.83. The fourth-order valence-corrected chi connectivity index (χ4v) is 6.90. The highest BCUT2D eigenvalue weighted by molar-refractivity contribution is 7.07. The molecule has 1 saturated carbocycles. The maximum Gasteiger partial charge on any atom is 0.145 e. The number of halogens is 3. The summed E-state index contributed by atoms with van der Waals surface area (Å²) in [5.74, 6) is 2.59. The Labute approximate surface area is 149 Å². The summed E-state index contributed by atoms with van der Waals surface area (Å²) in [5.41, 5.74) is 0. The molecule has 3 rings (SSSR count). The molecule has 0 aromatic heterocycles. The zero-order valence-electron chi connectivity index (χ0n) is 13.4. The molecule has 1 aromatic carbocycles. The van der Waals surface area contributed by atoms with E-state index in [4.69, 9.17) is 27.4 Å². The monoisotopic (exact) mass is 374 g/mol. The summed E-state index contributed by atoms with van der Waals surface area (Å²) in [6.45, 7) is 0.690. The van der Waals surface area contributed by atoms with Crippen molar-refractivity contribution in [1.82, 2.24) is 0 Å². The lowest BCUT2D eigenvalue weighted by molar-refractivity contribution is 0.148. The molecule has 0 radical (unpaired) electrons. The van der Waals surface area contributed by atoms with Gasteiger partial charge in [-0.3, -0.25) is 0 Å². The van der Waals surface area contributed by atoms with Crippen molar-refractivity contribution in [3.05, 3.63) is 29.0 Å². The summed E-state index contributed by atoms with van der Waals surface area (Å²) in [7, 11) is -0.842. The van der Waals surface area contributed by atoms with Gasteiger partial charge in [0.15, 0.2) is 0 Å². The normalized spacial score (nSPS) is 31.8. The lowest BCUT2D eigenvalue weighted by Gasteiger charge is -2.36. The van der Waals surface area contributed by atoms with E-state index in [0.717, 1.165) is 11.8 Å². The van der Waals surface area contributed by atoms with Crippen LogP contribution in [0.5, 0.6) is 5.75 Å². The molecule has 0 N–H and O–H groups in total. The molecule has 2 fully saturated rings. The highest BCUT2D eigenvalue weighted by Crippen LogP contribution is 2.40. The molecule has 23 heavy (non-hydrogen) atoms. The van der Waals surface area contributed by atoms with Crippen LogP contribution in [-0.4, -0.2) is 14.7 Å². The van der Waals surface area contributed by atoms with Crippen LogP contribution in [0, 0.1) is 23.6 Å². The van der Waals surface area contributed by atoms with Gasteiger partial charge in [0, 0.05) is 6.07 Å². The molecule has 5 heteroatoms. The third-order valence-electron chi connectivity index (χ3n) is 5.64. The molecule has 0 unspecified atom stereocenters. The molecule has 1 saturated heterocycles. The third kappa shape index (κ3) is 4.87. The Morgan fingerprint density at radius 1 is 1.04 bits per heavy atom. The number of hydrogen-bond donors (Lipinski definition) is 0. The summed E-state index contributed by atoms with van der Waals surface area (Å²) in [5, 5.41) is 0.146. The molecule has 128 valence electrons. The van der Waals surface area contributed by atoms with Crippen LogP contribution in [0.2, 0.25) is 17.1 Å². The van der Waals surface area contributed by atoms with Crippen molar-refractivity contribution in [1.29, 1.82) is 0 Å². The van der Waals surface area contributed by atoms with Crippen LogP contribution in [0.25, 0.3) is 0 Å². The van der Waals surface area contributed by atoms with Gasteiger partial charge in [-0.25, -0.2) is 4.39 Å². The fourth-order valence-electron chi connectivity index (χ4n) is 4.16. The zero-order chi connectivity index (χ0) is 16.2. The Balaban J connectivity index is 1.41. The van der Waals surface area contributed by atoms with Crippen LogP contribution < -0.4 is 4.74 Å². The first-order valence-corrected chi connectivity index (χ1v) is 12.6. The van der Waals surface area contributed by atoms with Gasteiger partial charge in [-0.05, 0) is 67.7 Å². The molecular formula is C18H25Cl2FOSi. The van der Waals surface area contributed by atoms with Crippen LogP contribution >= 0.6 is 22.7 Å². The van der Waals surface area contributed by atoms with E-state index in [1.165, 1.54) is 56.7 Å². The highest BCUT2D eigenvalue weighted by Gasteiger charge is 2.30. The molecule has 0 spiro atoms. The van der Waals surface area contributed by atoms with Gasteiger partial charge in [-0.15, -0.1) is 0 Å². The lowest BCUT2D eigenvalue weighted by atomic mass is 9.74. The van der Waals surface area contributed by atoms with Crippen LogP contribution in [0.1, 0.15) is 38.5 Å². The molecule has 2 aliphatic rings. The molecule has 0 amide bonds. The average molecular weight is 375 g/mol. The van der Waals surface area contributed by atoms with Gasteiger partial charge >= 0.3 is 0 Å². The minimum Gasteiger partial charge on any atom is -0.493 e. The van der Waals surface area contributed by atoms with Gasteiger partial charge < -0.3 is 4.74 Å². The topological polar surface area (TPSA) is 9.23 Å². The first-order chi connectivity index (χ1) is 11.1. The average Bonchev–Trinajstić information content (AvgIpc) is 2.57. The first kappa shape index (κ1) is 17.6. The molecule has 0 atom stereocenters. The molecule has 0 bridgehead atoms. The molecule has 1 aliphatic heterocycles. The van der Waals surface area contributed by atoms with E-state index in [1.54, 1.807) is 12.1 Å². The predicted octanol–water partition coefficient (Wildman–Crippen LogP) is 6.04. The van der Waals surface area contributed by atoms with Gasteiger partial charge in [0.05, 0.1) is 11.6 Å². The van der Waals surface area contributed by atoms with Crippen molar-refractivity contribution >= 4 is 30.8 Å². The van der Waals surface area contributed by atoms with Crippen molar-refractivity contribution in [2.75, 3.05) is 6.61 Å². The van der Waals surface area contributed by atoms with Gasteiger partial charge in [0.1, 0.15) is 19.7 Å². The van der Waals surface area contributed by atoms with Gasteiger partial charge in [-0.2, -0.15) is 11.1 Å². The maximum absolute atomic E-state index is 13.4. The zero-order valence-corrected chi connectivity index (χ0v) is 16.1. The van der Waals surface area contributed by atoms with Crippen LogP contribution in [0.3, 0.4) is 0 Å². The van der Waals surface area contributed by atoms with E-state index < -0.39 is 13.9 Å². The third-order valence-corrected chi connectivity index (χ3v) is 9.17. The SMILES string of the molecule is Fc1cc(OCC2CCC([C@H]3CC[Si@H](Cl)CC3)CC2)ccc1Cl. The maximum atomic E-state index is 13.4. The minimum absolute atomic E-state index is 0.146. The van der Waals surface area contributed by atoms with E-state index in [0.29, 0.717) is 18.3 Å². The summed E-state index contributed by atoms with van der Waals surface area (Å²) in [4.78, 5) is 0. The van der Waals surface area contributed by atoms with Crippen LogP contribution in [0.15, 0.2) is 18.2 Å². The van der Waals surface area contributed by atoms with Gasteiger partial charge in [0.2, 0.25) is 0 Å². The predicted molar refractivity (Wildman–Crippen MR) is 97.7 cm³/mol. The number of ether oxygens (including phenoxy) is 1. The Morgan fingerprint density at radius 2 is 1.70 bits per heavy atom. The van der Waals surface area contributed by atoms with Crippen molar-refractivity contribution in [3.8, 4) is 5.75 Å². The second-order valence-electron chi connectivity index (χ2n) is 7.18. The van der Waals surface area contributed by atoms with Crippen molar-refractivity contribution in [2.45, 2.75) is 50.6 Å². The smallest absolute Gasteiger partial charge is 0.145 e. The largest absolute Gasteiger partial charge is 0.493 e. The molecule has 1 nitrogen and oxygen atoms in total. The van der Waals surface area contributed by atoms with Gasteiger partial charge in [-0.1, -0.05) is 24.4 Å².